The zero-order chi connectivity index (χ0) is 12.7. The lowest BCUT2D eigenvalue weighted by atomic mass is 10.2. The maximum Gasteiger partial charge on any atom is 0.131 e. The topological polar surface area (TPSA) is 38.9 Å². The molecule has 0 N–H and O–H groups in total. The Hall–Kier alpha value is -1.49. The van der Waals surface area contributed by atoms with Crippen LogP contribution in [0.5, 0.6) is 0 Å². The van der Waals surface area contributed by atoms with E-state index in [0.29, 0.717) is 5.88 Å². The second-order valence-electron chi connectivity index (χ2n) is 4.60. The molecule has 0 bridgehead atoms. The first-order chi connectivity index (χ1) is 8.70. The number of anilines is 1. The molecule has 5 nitrogen and oxygen atoms in total. The number of rotatable bonds is 2. The van der Waals surface area contributed by atoms with Crippen LogP contribution in [0.15, 0.2) is 12.4 Å². The van der Waals surface area contributed by atoms with Crippen LogP contribution in [0, 0.1) is 6.92 Å². The molecular weight excluding hydrogens is 250 g/mol. The van der Waals surface area contributed by atoms with E-state index in [0.717, 1.165) is 42.5 Å². The van der Waals surface area contributed by atoms with Crippen molar-refractivity contribution < 1.29 is 0 Å². The summed E-state index contributed by atoms with van der Waals surface area (Å²) >= 11 is 6.05. The van der Waals surface area contributed by atoms with Gasteiger partial charge in [0, 0.05) is 38.1 Å². The Bertz CT molecular complexity index is 571. The van der Waals surface area contributed by atoms with Gasteiger partial charge in [-0.15, -0.1) is 11.6 Å². The number of aryl methyl sites for hydroxylation is 2. The van der Waals surface area contributed by atoms with Gasteiger partial charge in [0.1, 0.15) is 11.6 Å². The van der Waals surface area contributed by atoms with Gasteiger partial charge in [0.25, 0.3) is 0 Å². The predicted octanol–water partition coefficient (Wildman–Crippen LogP) is 1.68. The Morgan fingerprint density at radius 2 is 2.22 bits per heavy atom. The average Bonchev–Trinajstić information content (AvgIpc) is 2.91. The molecule has 0 amide bonds. The number of alkyl halides is 1. The molecule has 0 radical (unpaired) electrons. The quantitative estimate of drug-likeness (QED) is 0.776. The molecule has 2 aromatic rings. The summed E-state index contributed by atoms with van der Waals surface area (Å²) in [6.07, 6.45) is 3.89. The van der Waals surface area contributed by atoms with Gasteiger partial charge in [-0.25, -0.2) is 4.98 Å². The lowest BCUT2D eigenvalue weighted by Crippen LogP contribution is -2.35. The Morgan fingerprint density at radius 3 is 3.00 bits per heavy atom. The summed E-state index contributed by atoms with van der Waals surface area (Å²) in [6, 6.07) is 0. The number of aromatic nitrogens is 4. The number of imidazole rings is 1. The molecule has 1 aliphatic heterocycles. The maximum absolute atomic E-state index is 6.05. The molecule has 0 fully saturated rings. The van der Waals surface area contributed by atoms with Crippen LogP contribution in [-0.2, 0) is 26.0 Å². The van der Waals surface area contributed by atoms with Gasteiger partial charge in [0.15, 0.2) is 0 Å². The zero-order valence-electron chi connectivity index (χ0n) is 10.6. The molecule has 3 heterocycles. The van der Waals surface area contributed by atoms with E-state index in [9.17, 15) is 0 Å². The Labute approximate surface area is 111 Å². The molecule has 96 valence electrons. The van der Waals surface area contributed by atoms with E-state index in [2.05, 4.69) is 19.5 Å². The summed E-state index contributed by atoms with van der Waals surface area (Å²) in [5, 5.41) is 4.46. The van der Waals surface area contributed by atoms with Crippen molar-refractivity contribution in [2.24, 2.45) is 7.05 Å². The highest BCUT2D eigenvalue weighted by Gasteiger charge is 2.23. The minimum Gasteiger partial charge on any atom is -0.347 e. The fraction of sp³-hybridized carbons (Fsp3) is 0.500. The van der Waals surface area contributed by atoms with Gasteiger partial charge in [0.2, 0.25) is 0 Å². The summed E-state index contributed by atoms with van der Waals surface area (Å²) in [4.78, 5) is 6.69. The number of fused-ring (bicyclic) bond motifs is 1. The molecule has 0 spiro atoms. The van der Waals surface area contributed by atoms with Crippen molar-refractivity contribution in [3.05, 3.63) is 29.5 Å². The van der Waals surface area contributed by atoms with Crippen molar-refractivity contribution in [1.29, 1.82) is 0 Å². The fourth-order valence-corrected chi connectivity index (χ4v) is 2.91. The molecule has 6 heteroatoms. The minimum absolute atomic E-state index is 0.500. The van der Waals surface area contributed by atoms with Gasteiger partial charge in [-0.3, -0.25) is 4.68 Å². The third-order valence-electron chi connectivity index (χ3n) is 3.49. The van der Waals surface area contributed by atoms with Crippen LogP contribution >= 0.6 is 11.6 Å². The van der Waals surface area contributed by atoms with Crippen LogP contribution < -0.4 is 4.90 Å². The highest BCUT2D eigenvalue weighted by molar-refractivity contribution is 6.17. The first kappa shape index (κ1) is 11.6. The molecule has 18 heavy (non-hydrogen) atoms. The molecule has 0 saturated carbocycles. The minimum atomic E-state index is 0.500. The molecule has 3 rings (SSSR count). The van der Waals surface area contributed by atoms with Gasteiger partial charge in [-0.2, -0.15) is 5.10 Å². The van der Waals surface area contributed by atoms with Crippen LogP contribution in [0.3, 0.4) is 0 Å². The van der Waals surface area contributed by atoms with Crippen molar-refractivity contribution >= 4 is 17.4 Å². The lowest BCUT2D eigenvalue weighted by molar-refractivity contribution is 0.545. The lowest BCUT2D eigenvalue weighted by Gasteiger charge is -2.30. The van der Waals surface area contributed by atoms with Gasteiger partial charge in [0.05, 0.1) is 18.1 Å². The molecular formula is C12H16ClN5. The SMILES string of the molecule is Cc1nn(C)c(N2CCn3ccnc3C2)c1CCl. The highest BCUT2D eigenvalue weighted by Crippen LogP contribution is 2.27. The molecule has 0 aromatic carbocycles. The molecule has 0 aliphatic carbocycles. The first-order valence-corrected chi connectivity index (χ1v) is 6.57. The van der Waals surface area contributed by atoms with Crippen LogP contribution in [0.2, 0.25) is 0 Å². The van der Waals surface area contributed by atoms with Crippen molar-refractivity contribution in [3.8, 4) is 0 Å². The second-order valence-corrected chi connectivity index (χ2v) is 4.87. The number of hydrogen-bond donors (Lipinski definition) is 0. The van der Waals surface area contributed by atoms with E-state index in [4.69, 9.17) is 11.6 Å². The van der Waals surface area contributed by atoms with Crippen LogP contribution in [0.4, 0.5) is 5.82 Å². The van der Waals surface area contributed by atoms with Crippen LogP contribution in [0.1, 0.15) is 17.1 Å². The maximum atomic E-state index is 6.05. The van der Waals surface area contributed by atoms with Crippen LogP contribution in [-0.4, -0.2) is 25.9 Å². The Morgan fingerprint density at radius 1 is 1.39 bits per heavy atom. The average molecular weight is 266 g/mol. The predicted molar refractivity (Wildman–Crippen MR) is 70.8 cm³/mol. The van der Waals surface area contributed by atoms with Crippen molar-refractivity contribution in [1.82, 2.24) is 19.3 Å². The summed E-state index contributed by atoms with van der Waals surface area (Å²) in [7, 11) is 1.97. The van der Waals surface area contributed by atoms with E-state index in [1.54, 1.807) is 0 Å². The summed E-state index contributed by atoms with van der Waals surface area (Å²) < 4.78 is 4.12. The molecule has 0 unspecified atom stereocenters. The summed E-state index contributed by atoms with van der Waals surface area (Å²) in [6.45, 7) is 4.75. The molecule has 2 aromatic heterocycles. The van der Waals surface area contributed by atoms with Crippen molar-refractivity contribution in [2.75, 3.05) is 11.4 Å². The Kier molecular flexibility index (Phi) is 2.78. The van der Waals surface area contributed by atoms with Gasteiger partial charge >= 0.3 is 0 Å². The van der Waals surface area contributed by atoms with E-state index in [1.807, 2.05) is 31.0 Å². The number of halogens is 1. The van der Waals surface area contributed by atoms with E-state index < -0.39 is 0 Å². The second kappa shape index (κ2) is 4.31. The van der Waals surface area contributed by atoms with Crippen LogP contribution in [0.25, 0.3) is 0 Å². The fourth-order valence-electron chi connectivity index (χ4n) is 2.60. The van der Waals surface area contributed by atoms with Gasteiger partial charge in [-0.05, 0) is 6.92 Å². The zero-order valence-corrected chi connectivity index (χ0v) is 11.4. The largest absolute Gasteiger partial charge is 0.347 e. The van der Waals surface area contributed by atoms with Crippen molar-refractivity contribution in [2.45, 2.75) is 25.9 Å². The normalized spacial score (nSPS) is 14.9. The summed E-state index contributed by atoms with van der Waals surface area (Å²) in [5.74, 6) is 2.72. The molecule has 0 atom stereocenters. The number of hydrogen-bond acceptors (Lipinski definition) is 3. The third-order valence-corrected chi connectivity index (χ3v) is 3.76. The van der Waals surface area contributed by atoms with Gasteiger partial charge in [-0.1, -0.05) is 0 Å². The Balaban J connectivity index is 1.97. The van der Waals surface area contributed by atoms with E-state index >= 15 is 0 Å². The first-order valence-electron chi connectivity index (χ1n) is 6.04. The number of nitrogens with zero attached hydrogens (tertiary/aromatic N) is 5. The van der Waals surface area contributed by atoms with Crippen molar-refractivity contribution in [3.63, 3.8) is 0 Å². The highest BCUT2D eigenvalue weighted by atomic mass is 35.5. The van der Waals surface area contributed by atoms with Gasteiger partial charge < -0.3 is 9.47 Å². The van der Waals surface area contributed by atoms with E-state index in [1.165, 1.54) is 0 Å². The monoisotopic (exact) mass is 265 g/mol. The molecule has 1 aliphatic rings. The summed E-state index contributed by atoms with van der Waals surface area (Å²) in [5.41, 5.74) is 2.13. The standard InChI is InChI=1S/C12H16ClN5/c1-9-10(7-13)12(16(2)15-9)18-6-5-17-4-3-14-11(17)8-18/h3-4H,5-8H2,1-2H3. The third kappa shape index (κ3) is 1.70. The van der Waals surface area contributed by atoms with E-state index in [-0.39, 0.29) is 0 Å². The smallest absolute Gasteiger partial charge is 0.131 e. The molecule has 0 saturated heterocycles.